The molecule has 4 N–H and O–H groups in total. The minimum Gasteiger partial charge on any atom is -0.396 e. The predicted molar refractivity (Wildman–Crippen MR) is 72.2 cm³/mol. The van der Waals surface area contributed by atoms with Gasteiger partial charge in [0.1, 0.15) is 6.07 Å². The van der Waals surface area contributed by atoms with Crippen molar-refractivity contribution in [3.05, 3.63) is 17.8 Å². The molecule has 1 heterocycles. The van der Waals surface area contributed by atoms with Crippen molar-refractivity contribution >= 4 is 17.4 Å². The fourth-order valence-electron chi connectivity index (χ4n) is 2.54. The summed E-state index contributed by atoms with van der Waals surface area (Å²) in [5.74, 6) is 0.141. The van der Waals surface area contributed by atoms with Gasteiger partial charge in [-0.3, -0.25) is 4.79 Å². The van der Waals surface area contributed by atoms with Crippen LogP contribution in [0.3, 0.4) is 0 Å². The van der Waals surface area contributed by atoms with E-state index in [0.717, 1.165) is 25.7 Å². The zero-order chi connectivity index (χ0) is 13.8. The molecule has 0 unspecified atom stereocenters. The number of nitrogens with two attached hydrogens (primary N) is 2. The predicted octanol–water partition coefficient (Wildman–Crippen LogP) is 0.770. The van der Waals surface area contributed by atoms with Gasteiger partial charge < -0.3 is 16.4 Å². The van der Waals surface area contributed by atoms with E-state index in [0.29, 0.717) is 17.1 Å². The average Bonchev–Trinajstić information content (AvgIpc) is 2.89. The van der Waals surface area contributed by atoms with Gasteiger partial charge in [-0.25, -0.2) is 4.98 Å². The highest BCUT2D eigenvalue weighted by atomic mass is 16.1. The highest BCUT2D eigenvalue weighted by Gasteiger charge is 2.26. The quantitative estimate of drug-likeness (QED) is 0.830. The molecule has 0 atom stereocenters. The fraction of sp³-hybridized carbons (Fsp3) is 0.462. The molecule has 0 aliphatic heterocycles. The van der Waals surface area contributed by atoms with Crippen LogP contribution in [0.2, 0.25) is 0 Å². The number of nitriles is 1. The number of pyridine rings is 1. The summed E-state index contributed by atoms with van der Waals surface area (Å²) in [7, 11) is 0. The molecule has 0 bridgehead atoms. The van der Waals surface area contributed by atoms with Crippen LogP contribution in [0.5, 0.6) is 0 Å². The van der Waals surface area contributed by atoms with Crippen LogP contribution in [0.25, 0.3) is 0 Å². The second kappa shape index (κ2) is 5.57. The Balaban J connectivity index is 2.31. The van der Waals surface area contributed by atoms with Gasteiger partial charge in [0.05, 0.1) is 17.8 Å². The molecule has 1 aliphatic carbocycles. The maximum absolute atomic E-state index is 11.2. The Hall–Kier alpha value is -2.29. The Morgan fingerprint density at radius 3 is 2.74 bits per heavy atom. The Kier molecular flexibility index (Phi) is 3.85. The lowest BCUT2D eigenvalue weighted by Crippen LogP contribution is -2.41. The monoisotopic (exact) mass is 259 g/mol. The summed E-state index contributed by atoms with van der Waals surface area (Å²) in [6.45, 7) is 0.105. The van der Waals surface area contributed by atoms with Gasteiger partial charge in [-0.15, -0.1) is 0 Å². The van der Waals surface area contributed by atoms with Crippen LogP contribution in [0, 0.1) is 11.3 Å². The fourth-order valence-corrected chi connectivity index (χ4v) is 2.54. The van der Waals surface area contributed by atoms with Gasteiger partial charge >= 0.3 is 0 Å². The molecule has 100 valence electrons. The standard InChI is InChI=1S/C13H17N5O/c14-6-9-5-11(15)13(17-7-9)18(8-12(16)19)10-3-1-2-4-10/h5,7,10H,1-4,8,15H2,(H2,16,19). The van der Waals surface area contributed by atoms with Gasteiger partial charge in [0.25, 0.3) is 0 Å². The molecule has 0 aromatic carbocycles. The number of carbonyl (C=O) groups excluding carboxylic acids is 1. The molecule has 19 heavy (non-hydrogen) atoms. The molecule has 0 spiro atoms. The molecule has 6 nitrogen and oxygen atoms in total. The zero-order valence-electron chi connectivity index (χ0n) is 10.7. The molecule has 0 saturated heterocycles. The summed E-state index contributed by atoms with van der Waals surface area (Å²) in [6, 6.07) is 3.81. The van der Waals surface area contributed by atoms with E-state index in [4.69, 9.17) is 16.7 Å². The zero-order valence-corrected chi connectivity index (χ0v) is 10.7. The lowest BCUT2D eigenvalue weighted by Gasteiger charge is -2.29. The van der Waals surface area contributed by atoms with E-state index >= 15 is 0 Å². The molecule has 1 fully saturated rings. The van der Waals surface area contributed by atoms with E-state index in [9.17, 15) is 4.79 Å². The second-order valence-corrected chi connectivity index (χ2v) is 4.78. The number of nitrogen functional groups attached to an aromatic ring is 1. The van der Waals surface area contributed by atoms with E-state index in [1.54, 1.807) is 6.07 Å². The first-order valence-corrected chi connectivity index (χ1v) is 6.32. The van der Waals surface area contributed by atoms with Crippen molar-refractivity contribution in [3.8, 4) is 6.07 Å². The topological polar surface area (TPSA) is 109 Å². The van der Waals surface area contributed by atoms with Crippen LogP contribution >= 0.6 is 0 Å². The number of nitrogens with zero attached hydrogens (tertiary/aromatic N) is 3. The lowest BCUT2D eigenvalue weighted by atomic mass is 10.2. The molecule has 1 aliphatic rings. The number of amides is 1. The Bertz CT molecular complexity index is 516. The van der Waals surface area contributed by atoms with Crippen molar-refractivity contribution in [3.63, 3.8) is 0 Å². The summed E-state index contributed by atoms with van der Waals surface area (Å²) in [4.78, 5) is 17.3. The number of aromatic nitrogens is 1. The number of rotatable bonds is 4. The molecule has 1 aromatic rings. The summed E-state index contributed by atoms with van der Waals surface area (Å²) < 4.78 is 0. The lowest BCUT2D eigenvalue weighted by molar-refractivity contribution is -0.116. The molecule has 1 saturated carbocycles. The van der Waals surface area contributed by atoms with Crippen molar-refractivity contribution in [2.24, 2.45) is 5.73 Å². The number of carbonyl (C=O) groups is 1. The minimum absolute atomic E-state index is 0.105. The maximum atomic E-state index is 11.2. The SMILES string of the molecule is N#Cc1cnc(N(CC(N)=O)C2CCCC2)c(N)c1. The van der Waals surface area contributed by atoms with Crippen LogP contribution in [-0.4, -0.2) is 23.5 Å². The summed E-state index contributed by atoms with van der Waals surface area (Å²) in [5, 5.41) is 8.82. The molecule has 6 heteroatoms. The van der Waals surface area contributed by atoms with Crippen molar-refractivity contribution in [2.75, 3.05) is 17.2 Å². The average molecular weight is 259 g/mol. The van der Waals surface area contributed by atoms with Crippen molar-refractivity contribution in [2.45, 2.75) is 31.7 Å². The molecule has 2 rings (SSSR count). The Morgan fingerprint density at radius 1 is 1.53 bits per heavy atom. The Morgan fingerprint density at radius 2 is 2.21 bits per heavy atom. The minimum atomic E-state index is -0.405. The van der Waals surface area contributed by atoms with Crippen LogP contribution in [0.1, 0.15) is 31.2 Å². The summed E-state index contributed by atoms with van der Waals surface area (Å²) in [5.41, 5.74) is 12.1. The molecule has 1 aromatic heterocycles. The van der Waals surface area contributed by atoms with Gasteiger partial charge in [-0.2, -0.15) is 5.26 Å². The first-order chi connectivity index (χ1) is 9.11. The highest BCUT2D eigenvalue weighted by molar-refractivity contribution is 5.81. The normalized spacial score (nSPS) is 15.1. The molecule has 1 amide bonds. The Labute approximate surface area is 112 Å². The number of hydrogen-bond acceptors (Lipinski definition) is 5. The van der Waals surface area contributed by atoms with Gasteiger partial charge in [-0.1, -0.05) is 12.8 Å². The highest BCUT2D eigenvalue weighted by Crippen LogP contribution is 2.30. The van der Waals surface area contributed by atoms with Crippen LogP contribution in [-0.2, 0) is 4.79 Å². The summed E-state index contributed by atoms with van der Waals surface area (Å²) >= 11 is 0. The second-order valence-electron chi connectivity index (χ2n) is 4.78. The first-order valence-electron chi connectivity index (χ1n) is 6.32. The largest absolute Gasteiger partial charge is 0.396 e. The van der Waals surface area contributed by atoms with Crippen LogP contribution in [0.15, 0.2) is 12.3 Å². The third kappa shape index (κ3) is 2.94. The van der Waals surface area contributed by atoms with E-state index in [2.05, 4.69) is 4.98 Å². The van der Waals surface area contributed by atoms with E-state index in [1.165, 1.54) is 6.20 Å². The van der Waals surface area contributed by atoms with E-state index in [-0.39, 0.29) is 12.6 Å². The third-order valence-corrected chi connectivity index (χ3v) is 3.39. The first kappa shape index (κ1) is 13.1. The molecule has 0 radical (unpaired) electrons. The summed E-state index contributed by atoms with van der Waals surface area (Å²) in [6.07, 6.45) is 5.75. The van der Waals surface area contributed by atoms with Crippen molar-refractivity contribution in [1.82, 2.24) is 4.98 Å². The number of hydrogen-bond donors (Lipinski definition) is 2. The van der Waals surface area contributed by atoms with E-state index < -0.39 is 5.91 Å². The van der Waals surface area contributed by atoms with Crippen LogP contribution < -0.4 is 16.4 Å². The third-order valence-electron chi connectivity index (χ3n) is 3.39. The van der Waals surface area contributed by atoms with Gasteiger partial charge in [-0.05, 0) is 18.9 Å². The van der Waals surface area contributed by atoms with Gasteiger partial charge in [0, 0.05) is 12.2 Å². The molecular weight excluding hydrogens is 242 g/mol. The van der Waals surface area contributed by atoms with Crippen molar-refractivity contribution in [1.29, 1.82) is 5.26 Å². The van der Waals surface area contributed by atoms with E-state index in [1.807, 2.05) is 11.0 Å². The van der Waals surface area contributed by atoms with Crippen molar-refractivity contribution < 1.29 is 4.79 Å². The number of primary amides is 1. The smallest absolute Gasteiger partial charge is 0.237 e. The van der Waals surface area contributed by atoms with Gasteiger partial charge in [0.15, 0.2) is 5.82 Å². The van der Waals surface area contributed by atoms with Gasteiger partial charge in [0.2, 0.25) is 5.91 Å². The molecular formula is C13H17N5O. The van der Waals surface area contributed by atoms with Crippen LogP contribution in [0.4, 0.5) is 11.5 Å². The number of anilines is 2. The maximum Gasteiger partial charge on any atom is 0.237 e.